The second kappa shape index (κ2) is 11.8. The SMILES string of the molecule is Cc1c(O)cccc1C(=O)N[C@@H](Cc1ccccc1)[C@H](O)C(=O)N1CSC2(C)[C@H]1C(=O)N2Cc1c(F)cccc1C(F)(F)F. The van der Waals surface area contributed by atoms with Crippen molar-refractivity contribution in [1.29, 1.82) is 0 Å². The predicted octanol–water partition coefficient (Wildman–Crippen LogP) is 4.22. The molecule has 3 N–H and O–H groups in total. The molecule has 8 nitrogen and oxygen atoms in total. The Kier molecular flexibility index (Phi) is 8.38. The molecule has 0 bridgehead atoms. The minimum Gasteiger partial charge on any atom is -0.508 e. The first-order chi connectivity index (χ1) is 20.7. The molecular formula is C31H29F4N3O5S. The number of phenols is 1. The molecule has 2 fully saturated rings. The van der Waals surface area contributed by atoms with Crippen LogP contribution < -0.4 is 5.32 Å². The van der Waals surface area contributed by atoms with Crippen LogP contribution in [0.2, 0.25) is 0 Å². The van der Waals surface area contributed by atoms with Gasteiger partial charge < -0.3 is 25.3 Å². The lowest BCUT2D eigenvalue weighted by atomic mass is 9.91. The van der Waals surface area contributed by atoms with Crippen LogP contribution in [0.4, 0.5) is 17.6 Å². The highest BCUT2D eigenvalue weighted by molar-refractivity contribution is 8.01. The van der Waals surface area contributed by atoms with Crippen molar-refractivity contribution in [3.8, 4) is 5.75 Å². The van der Waals surface area contributed by atoms with Gasteiger partial charge in [0.15, 0.2) is 6.10 Å². The molecule has 2 saturated heterocycles. The maximum atomic E-state index is 14.6. The molecule has 0 aliphatic carbocycles. The second-order valence-corrected chi connectivity index (χ2v) is 12.3. The Hall–Kier alpha value is -4.10. The third-order valence-electron chi connectivity index (χ3n) is 8.17. The number of aliphatic hydroxyl groups excluding tert-OH is 1. The van der Waals surface area contributed by atoms with E-state index in [1.54, 1.807) is 44.2 Å². The van der Waals surface area contributed by atoms with E-state index < -0.39 is 70.4 Å². The van der Waals surface area contributed by atoms with Gasteiger partial charge in [0.1, 0.15) is 22.5 Å². The van der Waals surface area contributed by atoms with Gasteiger partial charge in [0, 0.05) is 16.7 Å². The Morgan fingerprint density at radius 1 is 1.09 bits per heavy atom. The van der Waals surface area contributed by atoms with Gasteiger partial charge in [-0.05, 0) is 50.1 Å². The smallest absolute Gasteiger partial charge is 0.416 e. The van der Waals surface area contributed by atoms with Gasteiger partial charge in [0.05, 0.1) is 24.0 Å². The number of halogens is 4. The molecule has 5 rings (SSSR count). The first kappa shape index (κ1) is 31.3. The Morgan fingerprint density at radius 3 is 2.45 bits per heavy atom. The fourth-order valence-corrected chi connectivity index (χ4v) is 7.04. The van der Waals surface area contributed by atoms with E-state index in [1.807, 2.05) is 0 Å². The van der Waals surface area contributed by atoms with Gasteiger partial charge in [-0.3, -0.25) is 14.4 Å². The summed E-state index contributed by atoms with van der Waals surface area (Å²) >= 11 is 1.11. The number of amides is 3. The topological polar surface area (TPSA) is 110 Å². The van der Waals surface area contributed by atoms with Gasteiger partial charge >= 0.3 is 6.18 Å². The zero-order chi connectivity index (χ0) is 32.0. The third-order valence-corrected chi connectivity index (χ3v) is 9.61. The highest BCUT2D eigenvalue weighted by Crippen LogP contribution is 2.51. The molecule has 0 saturated carbocycles. The Bertz CT molecular complexity index is 1600. The first-order valence-electron chi connectivity index (χ1n) is 13.7. The van der Waals surface area contributed by atoms with E-state index in [0.29, 0.717) is 11.1 Å². The quantitative estimate of drug-likeness (QED) is 0.254. The Morgan fingerprint density at radius 2 is 1.77 bits per heavy atom. The largest absolute Gasteiger partial charge is 0.508 e. The molecule has 44 heavy (non-hydrogen) atoms. The van der Waals surface area contributed by atoms with Crippen molar-refractivity contribution < 1.29 is 42.2 Å². The number of carbonyl (C=O) groups is 3. The third kappa shape index (κ3) is 5.61. The van der Waals surface area contributed by atoms with E-state index >= 15 is 0 Å². The van der Waals surface area contributed by atoms with Gasteiger partial charge in [-0.2, -0.15) is 13.2 Å². The number of nitrogens with one attached hydrogen (secondary N) is 1. The Labute approximate surface area is 254 Å². The second-order valence-electron chi connectivity index (χ2n) is 10.9. The van der Waals surface area contributed by atoms with E-state index in [1.165, 1.54) is 18.2 Å². The lowest BCUT2D eigenvalue weighted by Crippen LogP contribution is -2.73. The van der Waals surface area contributed by atoms with Crippen LogP contribution in [-0.2, 0) is 28.7 Å². The highest BCUT2D eigenvalue weighted by Gasteiger charge is 2.65. The van der Waals surface area contributed by atoms with Crippen LogP contribution in [0.3, 0.4) is 0 Å². The minimum absolute atomic E-state index is 0.0494. The number of benzene rings is 3. The fraction of sp³-hybridized carbons (Fsp3) is 0.323. The first-order valence-corrected chi connectivity index (χ1v) is 14.6. The summed E-state index contributed by atoms with van der Waals surface area (Å²) in [6, 6.07) is 13.5. The summed E-state index contributed by atoms with van der Waals surface area (Å²) in [5.41, 5.74) is -0.714. The predicted molar refractivity (Wildman–Crippen MR) is 154 cm³/mol. The number of hydrogen-bond donors (Lipinski definition) is 3. The molecule has 13 heteroatoms. The maximum absolute atomic E-state index is 14.6. The van der Waals surface area contributed by atoms with E-state index in [4.69, 9.17) is 0 Å². The van der Waals surface area contributed by atoms with Crippen molar-refractivity contribution in [2.75, 3.05) is 5.88 Å². The molecule has 0 radical (unpaired) electrons. The van der Waals surface area contributed by atoms with Gasteiger partial charge in [0.25, 0.3) is 11.8 Å². The minimum atomic E-state index is -4.84. The number of fused-ring (bicyclic) bond motifs is 1. The summed E-state index contributed by atoms with van der Waals surface area (Å²) in [6.07, 6.45) is -6.59. The van der Waals surface area contributed by atoms with Crippen molar-refractivity contribution in [3.05, 3.63) is 100 Å². The van der Waals surface area contributed by atoms with E-state index in [-0.39, 0.29) is 23.6 Å². The zero-order valence-electron chi connectivity index (χ0n) is 23.6. The standard InChI is InChI=1S/C31H29F4N3O5S/c1-17-19(10-6-13-24(17)39)27(41)36-23(14-18-8-4-3-5-9-18)25(40)28(42)37-16-44-30(2)26(37)29(43)38(30)15-20-21(31(33,34)35)11-7-12-22(20)32/h3-13,23,25-26,39-40H,14-16H2,1-2H3,(H,36,41)/t23-,25-,26+,30?/m0/s1. The van der Waals surface area contributed by atoms with Crippen LogP contribution in [0.25, 0.3) is 0 Å². The van der Waals surface area contributed by atoms with Crippen LogP contribution in [0.5, 0.6) is 5.75 Å². The molecule has 3 amide bonds. The molecule has 0 aromatic heterocycles. The summed E-state index contributed by atoms with van der Waals surface area (Å²) in [6.45, 7) is 2.47. The fourth-order valence-electron chi connectivity index (χ4n) is 5.67. The van der Waals surface area contributed by atoms with Crippen molar-refractivity contribution in [1.82, 2.24) is 15.1 Å². The van der Waals surface area contributed by atoms with E-state index in [2.05, 4.69) is 5.32 Å². The summed E-state index contributed by atoms with van der Waals surface area (Å²) in [5.74, 6) is -3.45. The summed E-state index contributed by atoms with van der Waals surface area (Å²) in [4.78, 5) is 41.3. The maximum Gasteiger partial charge on any atom is 0.416 e. The summed E-state index contributed by atoms with van der Waals surface area (Å²) in [5, 5.41) is 24.1. The van der Waals surface area contributed by atoms with Crippen LogP contribution in [-0.4, -0.2) is 66.7 Å². The summed E-state index contributed by atoms with van der Waals surface area (Å²) < 4.78 is 55.3. The molecule has 0 spiro atoms. The molecule has 3 aromatic carbocycles. The number of rotatable bonds is 8. The number of phenolic OH excluding ortho intramolecular Hbond substituents is 1. The van der Waals surface area contributed by atoms with Crippen molar-refractivity contribution in [2.24, 2.45) is 0 Å². The summed E-state index contributed by atoms with van der Waals surface area (Å²) in [7, 11) is 0. The number of hydrogen-bond acceptors (Lipinski definition) is 6. The molecular weight excluding hydrogens is 602 g/mol. The normalized spacial score (nSPS) is 21.0. The Balaban J connectivity index is 1.37. The van der Waals surface area contributed by atoms with Gasteiger partial charge in [-0.15, -0.1) is 11.8 Å². The van der Waals surface area contributed by atoms with E-state index in [0.717, 1.165) is 39.8 Å². The van der Waals surface area contributed by atoms with Crippen molar-refractivity contribution in [3.63, 3.8) is 0 Å². The molecule has 232 valence electrons. The average Bonchev–Trinajstić information content (AvgIpc) is 3.30. The number of carbonyl (C=O) groups excluding carboxylic acids is 3. The number of β-lactam (4-membered cyclic amide) rings is 1. The zero-order valence-corrected chi connectivity index (χ0v) is 24.5. The molecule has 2 heterocycles. The molecule has 3 aromatic rings. The van der Waals surface area contributed by atoms with Crippen LogP contribution >= 0.6 is 11.8 Å². The van der Waals surface area contributed by atoms with Crippen LogP contribution in [0.1, 0.15) is 39.5 Å². The number of likely N-dealkylation sites (tertiary alicyclic amines) is 1. The number of nitrogens with zero attached hydrogens (tertiary/aromatic N) is 2. The number of aromatic hydroxyl groups is 1. The van der Waals surface area contributed by atoms with Gasteiger partial charge in [0.2, 0.25) is 5.91 Å². The van der Waals surface area contributed by atoms with Crippen molar-refractivity contribution in [2.45, 2.75) is 56.0 Å². The lowest BCUT2D eigenvalue weighted by molar-refractivity contribution is -0.168. The monoisotopic (exact) mass is 631 g/mol. The molecule has 2 aliphatic heterocycles. The molecule has 1 unspecified atom stereocenters. The molecule has 4 atom stereocenters. The number of aliphatic hydroxyl groups is 1. The van der Waals surface area contributed by atoms with Gasteiger partial charge in [-0.1, -0.05) is 42.5 Å². The van der Waals surface area contributed by atoms with Gasteiger partial charge in [-0.25, -0.2) is 4.39 Å². The van der Waals surface area contributed by atoms with Crippen LogP contribution in [0.15, 0.2) is 66.7 Å². The average molecular weight is 632 g/mol. The lowest BCUT2D eigenvalue weighted by Gasteiger charge is -2.53. The molecule has 2 aliphatic rings. The van der Waals surface area contributed by atoms with Crippen molar-refractivity contribution >= 4 is 29.5 Å². The number of thioether (sulfide) groups is 1. The highest BCUT2D eigenvalue weighted by atomic mass is 32.2. The number of alkyl halides is 3. The van der Waals surface area contributed by atoms with Crippen LogP contribution in [0, 0.1) is 12.7 Å². The van der Waals surface area contributed by atoms with E-state index in [9.17, 15) is 42.2 Å².